The Hall–Kier alpha value is 0.440. The smallest absolute Gasteiger partial charge is 0.0623 e. The highest BCUT2D eigenvalue weighted by Gasteiger charge is 2.14. The fourth-order valence-corrected chi connectivity index (χ4v) is 0.875. The predicted molar refractivity (Wildman–Crippen MR) is 44.1 cm³/mol. The number of rotatable bonds is 4. The van der Waals surface area contributed by atoms with Crippen LogP contribution in [0.2, 0.25) is 0 Å². The van der Waals surface area contributed by atoms with Gasteiger partial charge in [0.25, 0.3) is 0 Å². The summed E-state index contributed by atoms with van der Waals surface area (Å²) in [5.74, 6) is 0. The molecule has 0 aliphatic rings. The minimum Gasteiger partial charge on any atom is -0.379 e. The van der Waals surface area contributed by atoms with Gasteiger partial charge in [0, 0.05) is 12.4 Å². The molecule has 0 aromatic carbocycles. The highest BCUT2D eigenvalue weighted by Crippen LogP contribution is 2.15. The van der Waals surface area contributed by atoms with Gasteiger partial charge in [0.05, 0.1) is 5.60 Å². The number of hydrogen-bond acceptors (Lipinski definition) is 1. The molecule has 0 aromatic rings. The Morgan fingerprint density at radius 3 is 2.33 bits per heavy atom. The zero-order valence-corrected chi connectivity index (χ0v) is 7.99. The van der Waals surface area contributed by atoms with Gasteiger partial charge in [-0.3, -0.25) is 0 Å². The molecule has 0 atom stereocenters. The molecule has 0 fully saturated rings. The predicted octanol–water partition coefficient (Wildman–Crippen LogP) is 2.59. The summed E-state index contributed by atoms with van der Waals surface area (Å²) >= 11 is 3.38. The highest BCUT2D eigenvalue weighted by atomic mass is 79.9. The molecule has 2 heteroatoms. The van der Waals surface area contributed by atoms with Crippen LogP contribution in [0.1, 0.15) is 26.7 Å². The van der Waals surface area contributed by atoms with Crippen molar-refractivity contribution < 1.29 is 4.74 Å². The van der Waals surface area contributed by atoms with E-state index >= 15 is 0 Å². The molecule has 1 nitrogen and oxygen atoms in total. The Kier molecular flexibility index (Phi) is 4.50. The Bertz CT molecular complexity index is 71.3. The van der Waals surface area contributed by atoms with E-state index in [0.29, 0.717) is 0 Å². The second-order valence-electron chi connectivity index (χ2n) is 2.76. The second kappa shape index (κ2) is 4.29. The fraction of sp³-hybridized carbons (Fsp3) is 1.00. The van der Waals surface area contributed by atoms with Crippen LogP contribution in [0.25, 0.3) is 0 Å². The van der Waals surface area contributed by atoms with Crippen LogP contribution >= 0.6 is 15.9 Å². The largest absolute Gasteiger partial charge is 0.379 e. The first-order valence-corrected chi connectivity index (χ1v) is 4.35. The lowest BCUT2D eigenvalue weighted by atomic mass is 10.0. The molecular weight excluding hydrogens is 180 g/mol. The van der Waals surface area contributed by atoms with Crippen LogP contribution in [0.5, 0.6) is 0 Å². The molecule has 0 aliphatic carbocycles. The average molecular weight is 195 g/mol. The normalized spacial score (nSPS) is 12.0. The Morgan fingerprint density at radius 1 is 1.44 bits per heavy atom. The van der Waals surface area contributed by atoms with Crippen molar-refractivity contribution >= 4 is 15.9 Å². The molecule has 0 saturated carbocycles. The standard InChI is InChI=1S/C7H15BrO/c1-7(2,9-3)5-4-6-8/h4-6H2,1-3H3. The number of ether oxygens (including phenoxy) is 1. The van der Waals surface area contributed by atoms with Crippen molar-refractivity contribution in [2.24, 2.45) is 0 Å². The second-order valence-corrected chi connectivity index (χ2v) is 3.55. The summed E-state index contributed by atoms with van der Waals surface area (Å²) in [7, 11) is 1.76. The number of methoxy groups -OCH3 is 1. The van der Waals surface area contributed by atoms with E-state index in [1.165, 1.54) is 6.42 Å². The first-order valence-electron chi connectivity index (χ1n) is 3.23. The van der Waals surface area contributed by atoms with Gasteiger partial charge in [0.2, 0.25) is 0 Å². The topological polar surface area (TPSA) is 9.23 Å². The summed E-state index contributed by atoms with van der Waals surface area (Å²) in [5.41, 5.74) is 0.0633. The van der Waals surface area contributed by atoms with E-state index in [4.69, 9.17) is 4.74 Å². The zero-order valence-electron chi connectivity index (χ0n) is 6.41. The maximum absolute atomic E-state index is 5.22. The molecule has 0 unspecified atom stereocenters. The van der Waals surface area contributed by atoms with Crippen molar-refractivity contribution in [3.63, 3.8) is 0 Å². The van der Waals surface area contributed by atoms with Crippen LogP contribution in [0.4, 0.5) is 0 Å². The van der Waals surface area contributed by atoms with Gasteiger partial charge in [-0.05, 0) is 26.7 Å². The van der Waals surface area contributed by atoms with Crippen molar-refractivity contribution in [3.05, 3.63) is 0 Å². The highest BCUT2D eigenvalue weighted by molar-refractivity contribution is 9.09. The van der Waals surface area contributed by atoms with E-state index in [1.54, 1.807) is 7.11 Å². The van der Waals surface area contributed by atoms with Gasteiger partial charge in [-0.15, -0.1) is 0 Å². The zero-order chi connectivity index (χ0) is 7.33. The van der Waals surface area contributed by atoms with Crippen LogP contribution in [-0.2, 0) is 4.74 Å². The summed E-state index contributed by atoms with van der Waals surface area (Å²) in [6.07, 6.45) is 2.30. The third kappa shape index (κ3) is 4.91. The lowest BCUT2D eigenvalue weighted by molar-refractivity contribution is 0.0152. The first kappa shape index (κ1) is 9.44. The summed E-state index contributed by atoms with van der Waals surface area (Å²) in [4.78, 5) is 0. The van der Waals surface area contributed by atoms with E-state index in [-0.39, 0.29) is 5.60 Å². The minimum absolute atomic E-state index is 0.0633. The van der Waals surface area contributed by atoms with E-state index in [1.807, 2.05) is 0 Å². The van der Waals surface area contributed by atoms with Crippen LogP contribution in [0, 0.1) is 0 Å². The van der Waals surface area contributed by atoms with Gasteiger partial charge in [0.15, 0.2) is 0 Å². The van der Waals surface area contributed by atoms with E-state index in [0.717, 1.165) is 11.8 Å². The molecular formula is C7H15BrO. The van der Waals surface area contributed by atoms with Crippen molar-refractivity contribution in [3.8, 4) is 0 Å². The van der Waals surface area contributed by atoms with Crippen LogP contribution in [0.15, 0.2) is 0 Å². The van der Waals surface area contributed by atoms with Crippen molar-refractivity contribution in [1.82, 2.24) is 0 Å². The van der Waals surface area contributed by atoms with Gasteiger partial charge in [-0.1, -0.05) is 15.9 Å². The minimum atomic E-state index is 0.0633. The molecule has 56 valence electrons. The number of halogens is 1. The average Bonchev–Trinajstić information content (AvgIpc) is 1.84. The summed E-state index contributed by atoms with van der Waals surface area (Å²) in [6, 6.07) is 0. The molecule has 0 amide bonds. The van der Waals surface area contributed by atoms with Crippen molar-refractivity contribution in [2.45, 2.75) is 32.3 Å². The Labute approximate surface area is 65.9 Å². The first-order chi connectivity index (χ1) is 4.12. The van der Waals surface area contributed by atoms with Crippen LogP contribution < -0.4 is 0 Å². The van der Waals surface area contributed by atoms with E-state index in [9.17, 15) is 0 Å². The summed E-state index contributed by atoms with van der Waals surface area (Å²) in [5, 5.41) is 1.07. The van der Waals surface area contributed by atoms with Gasteiger partial charge >= 0.3 is 0 Å². The van der Waals surface area contributed by atoms with Gasteiger partial charge in [-0.2, -0.15) is 0 Å². The lowest BCUT2D eigenvalue weighted by Gasteiger charge is -2.21. The van der Waals surface area contributed by atoms with Gasteiger partial charge in [-0.25, -0.2) is 0 Å². The Balaban J connectivity index is 3.33. The number of hydrogen-bond donors (Lipinski definition) is 0. The third-order valence-electron chi connectivity index (χ3n) is 1.47. The van der Waals surface area contributed by atoms with Crippen LogP contribution in [-0.4, -0.2) is 18.0 Å². The molecule has 0 rings (SSSR count). The molecule has 0 saturated heterocycles. The molecule has 0 N–H and O–H groups in total. The molecule has 0 radical (unpaired) electrons. The van der Waals surface area contributed by atoms with Crippen molar-refractivity contribution in [1.29, 1.82) is 0 Å². The molecule has 9 heavy (non-hydrogen) atoms. The SMILES string of the molecule is COC(C)(C)CCCBr. The van der Waals surface area contributed by atoms with E-state index in [2.05, 4.69) is 29.8 Å². The van der Waals surface area contributed by atoms with Gasteiger partial charge in [0.1, 0.15) is 0 Å². The fourth-order valence-electron chi connectivity index (χ4n) is 0.595. The third-order valence-corrected chi connectivity index (χ3v) is 2.03. The maximum atomic E-state index is 5.22. The molecule has 0 bridgehead atoms. The van der Waals surface area contributed by atoms with Gasteiger partial charge < -0.3 is 4.74 Å². The molecule has 0 aromatic heterocycles. The summed E-state index contributed by atoms with van der Waals surface area (Å²) in [6.45, 7) is 4.21. The number of alkyl halides is 1. The monoisotopic (exact) mass is 194 g/mol. The quantitative estimate of drug-likeness (QED) is 0.626. The Morgan fingerprint density at radius 2 is 2.00 bits per heavy atom. The maximum Gasteiger partial charge on any atom is 0.0623 e. The summed E-state index contributed by atoms with van der Waals surface area (Å²) < 4.78 is 5.22. The molecule has 0 heterocycles. The van der Waals surface area contributed by atoms with E-state index < -0.39 is 0 Å². The molecule has 0 aliphatic heterocycles. The lowest BCUT2D eigenvalue weighted by Crippen LogP contribution is -2.21. The molecule has 0 spiro atoms. The van der Waals surface area contributed by atoms with Crippen molar-refractivity contribution in [2.75, 3.05) is 12.4 Å². The van der Waals surface area contributed by atoms with Crippen LogP contribution in [0.3, 0.4) is 0 Å².